The fourth-order valence-corrected chi connectivity index (χ4v) is 1.53. The van der Waals surface area contributed by atoms with E-state index in [4.69, 9.17) is 0 Å². The molecule has 5 heteroatoms. The number of nitrogens with one attached hydrogen (secondary N) is 1. The topological polar surface area (TPSA) is 42.0 Å². The first-order chi connectivity index (χ1) is 8.66. The Hall–Kier alpha value is -1.13. The second-order valence-electron chi connectivity index (χ2n) is 3.90. The molecular weight excluding hydrogens is 320 g/mol. The van der Waals surface area contributed by atoms with Crippen molar-refractivity contribution in [3.8, 4) is 0 Å². The van der Waals surface area contributed by atoms with E-state index in [0.717, 1.165) is 17.2 Å². The molecule has 0 aliphatic rings. The third-order valence-electron chi connectivity index (χ3n) is 2.62. The fraction of sp³-hybridized carbons (Fsp3) is 0.143. The van der Waals surface area contributed by atoms with Crippen LogP contribution in [0.15, 0.2) is 36.5 Å². The van der Waals surface area contributed by atoms with Crippen LogP contribution in [0, 0.1) is 18.9 Å². The smallest absolute Gasteiger partial charge is 0.253 e. The summed E-state index contributed by atoms with van der Waals surface area (Å²) in [6.07, 6.45) is 1.22. The van der Waals surface area contributed by atoms with Crippen LogP contribution < -0.4 is 5.32 Å². The SMILES string of the molecule is Cc1c[c-]ccc1CNC(=O)c1ccc(F)nc1.[Y]. The normalized spacial score (nSPS) is 9.58. The molecule has 1 heterocycles. The summed E-state index contributed by atoms with van der Waals surface area (Å²) in [5, 5.41) is 2.76. The number of carbonyl (C=O) groups excluding carboxylic acids is 1. The number of halogens is 1. The summed E-state index contributed by atoms with van der Waals surface area (Å²) in [5.74, 6) is -0.865. The summed E-state index contributed by atoms with van der Waals surface area (Å²) in [7, 11) is 0. The van der Waals surface area contributed by atoms with E-state index in [2.05, 4.69) is 16.4 Å². The molecule has 0 fully saturated rings. The molecule has 0 atom stereocenters. The molecule has 1 aromatic heterocycles. The molecule has 3 nitrogen and oxygen atoms in total. The largest absolute Gasteiger partial charge is 0.350 e. The van der Waals surface area contributed by atoms with Crippen LogP contribution in [0.3, 0.4) is 0 Å². The van der Waals surface area contributed by atoms with Gasteiger partial charge < -0.3 is 5.32 Å². The molecule has 95 valence electrons. The Morgan fingerprint density at radius 2 is 2.21 bits per heavy atom. The van der Waals surface area contributed by atoms with Crippen LogP contribution in [0.1, 0.15) is 21.5 Å². The average molecular weight is 332 g/mol. The molecule has 0 saturated carbocycles. The van der Waals surface area contributed by atoms with Crippen molar-refractivity contribution in [2.45, 2.75) is 13.5 Å². The third kappa shape index (κ3) is 4.48. The Balaban J connectivity index is 0.00000180. The minimum absolute atomic E-state index is 0. The minimum atomic E-state index is -0.596. The van der Waals surface area contributed by atoms with Crippen LogP contribution in [0.2, 0.25) is 0 Å². The zero-order valence-corrected chi connectivity index (χ0v) is 13.3. The summed E-state index contributed by atoms with van der Waals surface area (Å²) < 4.78 is 12.6. The van der Waals surface area contributed by atoms with Crippen molar-refractivity contribution in [2.75, 3.05) is 0 Å². The van der Waals surface area contributed by atoms with Gasteiger partial charge in [-0.05, 0) is 12.1 Å². The molecule has 0 unspecified atom stereocenters. The van der Waals surface area contributed by atoms with E-state index in [1.807, 2.05) is 19.1 Å². The summed E-state index contributed by atoms with van der Waals surface area (Å²) >= 11 is 0. The maximum Gasteiger partial charge on any atom is 0.253 e. The van der Waals surface area contributed by atoms with Gasteiger partial charge in [-0.25, -0.2) is 4.98 Å². The molecule has 2 aromatic rings. The van der Waals surface area contributed by atoms with Gasteiger partial charge in [0.05, 0.1) is 5.56 Å². The molecule has 1 aromatic carbocycles. The number of rotatable bonds is 3. The number of aromatic nitrogens is 1. The summed E-state index contributed by atoms with van der Waals surface area (Å²) in [4.78, 5) is 15.2. The molecule has 2 rings (SSSR count). The van der Waals surface area contributed by atoms with E-state index in [9.17, 15) is 9.18 Å². The Morgan fingerprint density at radius 3 is 2.84 bits per heavy atom. The molecule has 1 radical (unpaired) electrons. The Kier molecular flexibility index (Phi) is 6.25. The van der Waals surface area contributed by atoms with Crippen LogP contribution in [0.5, 0.6) is 0 Å². The van der Waals surface area contributed by atoms with Gasteiger partial charge in [-0.2, -0.15) is 34.2 Å². The van der Waals surface area contributed by atoms with E-state index >= 15 is 0 Å². The fourth-order valence-electron chi connectivity index (χ4n) is 1.53. The van der Waals surface area contributed by atoms with E-state index in [1.54, 1.807) is 6.07 Å². The third-order valence-corrected chi connectivity index (χ3v) is 2.62. The number of carbonyl (C=O) groups is 1. The quantitative estimate of drug-likeness (QED) is 0.692. The molecule has 1 N–H and O–H groups in total. The van der Waals surface area contributed by atoms with Crippen LogP contribution >= 0.6 is 0 Å². The van der Waals surface area contributed by atoms with Crippen molar-refractivity contribution in [3.63, 3.8) is 0 Å². The number of amides is 1. The number of hydrogen-bond donors (Lipinski definition) is 1. The zero-order valence-electron chi connectivity index (χ0n) is 10.5. The van der Waals surface area contributed by atoms with Gasteiger partial charge in [-0.1, -0.05) is 6.92 Å². The summed E-state index contributed by atoms with van der Waals surface area (Å²) in [5.41, 5.74) is 2.43. The van der Waals surface area contributed by atoms with E-state index < -0.39 is 5.95 Å². The van der Waals surface area contributed by atoms with Crippen LogP contribution in [0.4, 0.5) is 4.39 Å². The Labute approximate surface area is 136 Å². The number of aryl methyl sites for hydroxylation is 1. The Morgan fingerprint density at radius 1 is 1.42 bits per heavy atom. The van der Waals surface area contributed by atoms with Gasteiger partial charge in [0.25, 0.3) is 5.91 Å². The summed E-state index contributed by atoms with van der Waals surface area (Å²) in [6.45, 7) is 2.38. The van der Waals surface area contributed by atoms with Crippen LogP contribution in [0.25, 0.3) is 0 Å². The molecule has 0 aliphatic heterocycles. The maximum atomic E-state index is 12.6. The van der Waals surface area contributed by atoms with Gasteiger partial charge in [0.15, 0.2) is 0 Å². The number of pyridine rings is 1. The standard InChI is InChI=1S/C14H12FN2O.Y/c1-10-4-2-3-5-11(10)8-17-14(18)12-6-7-13(15)16-9-12;/h3-7,9H,8H2,1H3,(H,17,18);/q-1;. The average Bonchev–Trinajstić information content (AvgIpc) is 2.38. The first-order valence-corrected chi connectivity index (χ1v) is 5.52. The predicted molar refractivity (Wildman–Crippen MR) is 65.4 cm³/mol. The van der Waals surface area contributed by atoms with Crippen molar-refractivity contribution < 1.29 is 41.9 Å². The van der Waals surface area contributed by atoms with Gasteiger partial charge in [0.1, 0.15) is 0 Å². The zero-order chi connectivity index (χ0) is 13.0. The molecule has 0 aliphatic carbocycles. The van der Waals surface area contributed by atoms with Gasteiger partial charge in [-0.3, -0.25) is 4.79 Å². The minimum Gasteiger partial charge on any atom is -0.350 e. The number of benzene rings is 1. The van der Waals surface area contributed by atoms with Crippen LogP contribution in [-0.2, 0) is 39.3 Å². The number of nitrogens with zero attached hydrogens (tertiary/aromatic N) is 1. The number of hydrogen-bond acceptors (Lipinski definition) is 2. The summed E-state index contributed by atoms with van der Waals surface area (Å²) in [6, 6.07) is 11.1. The van der Waals surface area contributed by atoms with Crippen molar-refractivity contribution in [1.29, 1.82) is 0 Å². The van der Waals surface area contributed by atoms with Crippen molar-refractivity contribution in [1.82, 2.24) is 10.3 Å². The molecular formula is C14H12FN2OY-. The van der Waals surface area contributed by atoms with Gasteiger partial charge >= 0.3 is 0 Å². The first kappa shape index (κ1) is 15.9. The molecule has 0 saturated heterocycles. The predicted octanol–water partition coefficient (Wildman–Crippen LogP) is 2.26. The van der Waals surface area contributed by atoms with E-state index in [1.165, 1.54) is 12.3 Å². The molecule has 1 amide bonds. The maximum absolute atomic E-state index is 12.6. The van der Waals surface area contributed by atoms with Crippen molar-refractivity contribution >= 4 is 5.91 Å². The molecule has 0 bridgehead atoms. The second kappa shape index (κ2) is 7.46. The second-order valence-corrected chi connectivity index (χ2v) is 3.90. The van der Waals surface area contributed by atoms with Gasteiger partial charge in [0, 0.05) is 45.5 Å². The van der Waals surface area contributed by atoms with E-state index in [-0.39, 0.29) is 38.6 Å². The monoisotopic (exact) mass is 332 g/mol. The van der Waals surface area contributed by atoms with Gasteiger partial charge in [0.2, 0.25) is 5.95 Å². The van der Waals surface area contributed by atoms with E-state index in [0.29, 0.717) is 12.1 Å². The van der Waals surface area contributed by atoms with Gasteiger partial charge in [-0.15, -0.1) is 5.56 Å². The molecule has 0 spiro atoms. The van der Waals surface area contributed by atoms with Crippen molar-refractivity contribution in [2.24, 2.45) is 0 Å². The molecule has 19 heavy (non-hydrogen) atoms. The van der Waals surface area contributed by atoms with Crippen molar-refractivity contribution in [3.05, 3.63) is 65.2 Å². The first-order valence-electron chi connectivity index (χ1n) is 5.52. The van der Waals surface area contributed by atoms with Crippen LogP contribution in [-0.4, -0.2) is 10.9 Å². The Bertz CT molecular complexity index is 558.